The van der Waals surface area contributed by atoms with Crippen molar-refractivity contribution < 1.29 is 19.4 Å². The van der Waals surface area contributed by atoms with Crippen LogP contribution >= 0.6 is 0 Å². The normalized spacial score (nSPS) is 15.0. The van der Waals surface area contributed by atoms with Crippen LogP contribution in [0.4, 0.5) is 17.6 Å². The largest absolute Gasteiger partial charge is 0.490 e. The van der Waals surface area contributed by atoms with Crippen molar-refractivity contribution in [1.29, 1.82) is 0 Å². The Labute approximate surface area is 226 Å². The van der Waals surface area contributed by atoms with Crippen LogP contribution in [0.3, 0.4) is 0 Å². The highest BCUT2D eigenvalue weighted by Gasteiger charge is 2.24. The highest BCUT2D eigenvalue weighted by Crippen LogP contribution is 2.30. The second kappa shape index (κ2) is 12.2. The van der Waals surface area contributed by atoms with Crippen molar-refractivity contribution in [3.05, 3.63) is 78.8 Å². The van der Waals surface area contributed by atoms with E-state index in [0.717, 1.165) is 47.8 Å². The van der Waals surface area contributed by atoms with E-state index in [4.69, 9.17) is 19.6 Å². The molecule has 1 aliphatic heterocycles. The summed E-state index contributed by atoms with van der Waals surface area (Å²) in [4.78, 5) is 31.2. The topological polar surface area (TPSA) is 123 Å². The van der Waals surface area contributed by atoms with Gasteiger partial charge in [0.25, 0.3) is 0 Å². The number of nitrogens with zero attached hydrogens (tertiary/aromatic N) is 5. The third-order valence-corrected chi connectivity index (χ3v) is 6.27. The molecule has 2 aromatic carbocycles. The summed E-state index contributed by atoms with van der Waals surface area (Å²) in [6.45, 7) is 4.08. The van der Waals surface area contributed by atoms with E-state index < -0.39 is 5.97 Å². The number of carboxylic acid groups (broad SMARTS) is 1. The predicted octanol–water partition coefficient (Wildman–Crippen LogP) is 4.75. The number of carboxylic acids is 1. The molecular formula is C29H30N6O4. The van der Waals surface area contributed by atoms with Gasteiger partial charge >= 0.3 is 5.97 Å². The highest BCUT2D eigenvalue weighted by atomic mass is 16.5. The minimum atomic E-state index is -0.862. The number of anilines is 3. The maximum Gasteiger partial charge on any atom is 0.307 e. The molecule has 5 rings (SSSR count). The summed E-state index contributed by atoms with van der Waals surface area (Å²) in [5.41, 5.74) is 2.30. The molecule has 0 aliphatic carbocycles. The van der Waals surface area contributed by atoms with Gasteiger partial charge in [-0.3, -0.25) is 9.78 Å². The third kappa shape index (κ3) is 6.78. The Morgan fingerprint density at radius 3 is 2.69 bits per heavy atom. The average molecular weight is 527 g/mol. The van der Waals surface area contributed by atoms with Gasteiger partial charge in [-0.15, -0.1) is 0 Å². The summed E-state index contributed by atoms with van der Waals surface area (Å²) in [5, 5.41) is 12.1. The van der Waals surface area contributed by atoms with Crippen LogP contribution in [0.5, 0.6) is 11.5 Å². The van der Waals surface area contributed by atoms with Crippen molar-refractivity contribution >= 4 is 23.6 Å². The number of nitrogens with one attached hydrogen (secondary N) is 1. The summed E-state index contributed by atoms with van der Waals surface area (Å²) >= 11 is 0. The van der Waals surface area contributed by atoms with Gasteiger partial charge in [0.05, 0.1) is 37.7 Å². The number of hydrogen-bond donors (Lipinski definition) is 2. The molecule has 1 saturated heterocycles. The fourth-order valence-electron chi connectivity index (χ4n) is 4.47. The summed E-state index contributed by atoms with van der Waals surface area (Å²) < 4.78 is 12.0. The molecule has 0 bridgehead atoms. The Bertz CT molecular complexity index is 1420. The molecule has 39 heavy (non-hydrogen) atoms. The number of rotatable bonds is 10. The lowest BCUT2D eigenvalue weighted by molar-refractivity contribution is -0.136. The zero-order valence-corrected chi connectivity index (χ0v) is 21.7. The van der Waals surface area contributed by atoms with Crippen molar-refractivity contribution in [2.24, 2.45) is 0 Å². The molecule has 2 N–H and O–H groups in total. The first-order valence-corrected chi connectivity index (χ1v) is 12.9. The monoisotopic (exact) mass is 526 g/mol. The molecule has 1 fully saturated rings. The van der Waals surface area contributed by atoms with Crippen LogP contribution < -0.4 is 19.7 Å². The second-order valence-electron chi connectivity index (χ2n) is 9.13. The molecule has 1 aliphatic rings. The molecular weight excluding hydrogens is 496 g/mol. The molecule has 10 nitrogen and oxygen atoms in total. The number of carbonyl (C=O) groups is 1. The van der Waals surface area contributed by atoms with Crippen molar-refractivity contribution in [2.75, 3.05) is 29.9 Å². The van der Waals surface area contributed by atoms with Crippen LogP contribution in [0, 0.1) is 0 Å². The lowest BCUT2D eigenvalue weighted by Crippen LogP contribution is -2.41. The fourth-order valence-corrected chi connectivity index (χ4v) is 4.47. The SMILES string of the molecule is CCOc1ccccc1O[C@@H]1CCCN(c2cncc(Nc3nccc(-c4ccc(CC(=O)O)cc4)n3)n2)C1. The van der Waals surface area contributed by atoms with E-state index in [1.165, 1.54) is 0 Å². The second-order valence-corrected chi connectivity index (χ2v) is 9.13. The van der Waals surface area contributed by atoms with Crippen LogP contribution in [0.2, 0.25) is 0 Å². The van der Waals surface area contributed by atoms with Crippen LogP contribution in [0.1, 0.15) is 25.3 Å². The molecule has 0 saturated carbocycles. The van der Waals surface area contributed by atoms with E-state index in [2.05, 4.69) is 25.2 Å². The van der Waals surface area contributed by atoms with Crippen LogP contribution in [0.25, 0.3) is 11.3 Å². The van der Waals surface area contributed by atoms with E-state index >= 15 is 0 Å². The number of hydrogen-bond acceptors (Lipinski definition) is 9. The molecule has 4 aromatic rings. The molecule has 200 valence electrons. The fraction of sp³-hybridized carbons (Fsp3) is 0.276. The predicted molar refractivity (Wildman–Crippen MR) is 148 cm³/mol. The molecule has 0 radical (unpaired) electrons. The number of benzene rings is 2. The Morgan fingerprint density at radius 2 is 1.90 bits per heavy atom. The quantitative estimate of drug-likeness (QED) is 0.299. The maximum absolute atomic E-state index is 10.9. The minimum absolute atomic E-state index is 0.000623. The Kier molecular flexibility index (Phi) is 8.11. The molecule has 10 heteroatoms. The first-order valence-electron chi connectivity index (χ1n) is 12.9. The zero-order chi connectivity index (χ0) is 27.0. The van der Waals surface area contributed by atoms with Gasteiger partial charge in [0.2, 0.25) is 5.95 Å². The first-order chi connectivity index (χ1) is 19.1. The zero-order valence-electron chi connectivity index (χ0n) is 21.7. The van der Waals surface area contributed by atoms with Gasteiger partial charge < -0.3 is 24.8 Å². The number of para-hydroxylation sites is 2. The van der Waals surface area contributed by atoms with Crippen molar-refractivity contribution in [3.8, 4) is 22.8 Å². The molecule has 1 atom stereocenters. The van der Waals surface area contributed by atoms with Gasteiger partial charge in [0, 0.05) is 18.3 Å². The van der Waals surface area contributed by atoms with Gasteiger partial charge in [0.15, 0.2) is 17.3 Å². The molecule has 0 unspecified atom stereocenters. The molecule has 3 heterocycles. The highest BCUT2D eigenvalue weighted by molar-refractivity contribution is 5.71. The lowest BCUT2D eigenvalue weighted by atomic mass is 10.1. The van der Waals surface area contributed by atoms with E-state index in [9.17, 15) is 4.79 Å². The summed E-state index contributed by atoms with van der Waals surface area (Å²) in [6.07, 6.45) is 6.95. The number of aromatic nitrogens is 4. The first kappa shape index (κ1) is 25.9. The number of aliphatic carboxylic acids is 1. The molecule has 0 amide bonds. The van der Waals surface area contributed by atoms with E-state index in [1.807, 2.05) is 43.3 Å². The van der Waals surface area contributed by atoms with Crippen LogP contribution in [-0.2, 0) is 11.2 Å². The molecule has 2 aromatic heterocycles. The van der Waals surface area contributed by atoms with Gasteiger partial charge in [-0.05, 0) is 43.5 Å². The van der Waals surface area contributed by atoms with Gasteiger partial charge in [-0.1, -0.05) is 36.4 Å². The molecule has 0 spiro atoms. The smallest absolute Gasteiger partial charge is 0.307 e. The van der Waals surface area contributed by atoms with Crippen molar-refractivity contribution in [3.63, 3.8) is 0 Å². The Morgan fingerprint density at radius 1 is 1.08 bits per heavy atom. The lowest BCUT2D eigenvalue weighted by Gasteiger charge is -2.33. The average Bonchev–Trinajstić information content (AvgIpc) is 2.95. The van der Waals surface area contributed by atoms with Gasteiger partial charge in [-0.2, -0.15) is 0 Å². The Balaban J connectivity index is 1.26. The van der Waals surface area contributed by atoms with Crippen molar-refractivity contribution in [2.45, 2.75) is 32.3 Å². The van der Waals surface area contributed by atoms with E-state index in [0.29, 0.717) is 30.6 Å². The third-order valence-electron chi connectivity index (χ3n) is 6.27. The number of piperidine rings is 1. The summed E-state index contributed by atoms with van der Waals surface area (Å²) in [7, 11) is 0. The van der Waals surface area contributed by atoms with E-state index in [1.54, 1.807) is 36.8 Å². The standard InChI is InChI=1S/C29H30N6O4/c1-2-38-24-7-3-4-8-25(24)39-22-6-5-15-35(19-22)27-18-30-17-26(33-27)34-29-31-14-13-23(32-29)21-11-9-20(10-12-21)16-28(36)37/h3-4,7-14,17-18,22H,2,5-6,15-16,19H2,1H3,(H,36,37)(H,31,32,33,34)/t22-/m1/s1. The maximum atomic E-state index is 10.9. The number of ether oxygens (including phenoxy) is 2. The van der Waals surface area contributed by atoms with Gasteiger partial charge in [-0.25, -0.2) is 15.0 Å². The van der Waals surface area contributed by atoms with Gasteiger partial charge in [0.1, 0.15) is 11.9 Å². The van der Waals surface area contributed by atoms with Crippen molar-refractivity contribution in [1.82, 2.24) is 19.9 Å². The Hall–Kier alpha value is -4.73. The van der Waals surface area contributed by atoms with E-state index in [-0.39, 0.29) is 12.5 Å². The van der Waals surface area contributed by atoms with Crippen LogP contribution in [-0.4, -0.2) is 56.8 Å². The summed E-state index contributed by atoms with van der Waals surface area (Å²) in [5.74, 6) is 2.31. The minimum Gasteiger partial charge on any atom is -0.490 e. The summed E-state index contributed by atoms with van der Waals surface area (Å²) in [6, 6.07) is 16.8. The van der Waals surface area contributed by atoms with Crippen LogP contribution in [0.15, 0.2) is 73.2 Å².